The summed E-state index contributed by atoms with van der Waals surface area (Å²) < 4.78 is 5.87. The van der Waals surface area contributed by atoms with Crippen LogP contribution in [0.4, 0.5) is 0 Å². The summed E-state index contributed by atoms with van der Waals surface area (Å²) in [5.41, 5.74) is 3.14. The van der Waals surface area contributed by atoms with E-state index in [9.17, 15) is 9.90 Å². The maximum absolute atomic E-state index is 12.0. The van der Waals surface area contributed by atoms with Gasteiger partial charge in [-0.15, -0.1) is 0 Å². The molecule has 5 heteroatoms. The molecule has 2 atom stereocenters. The number of carbonyl (C=O) groups is 1. The second-order valence-corrected chi connectivity index (χ2v) is 7.45. The summed E-state index contributed by atoms with van der Waals surface area (Å²) in [5, 5.41) is 10.4. The molecule has 2 unspecified atom stereocenters. The average molecular weight is 388 g/mol. The summed E-state index contributed by atoms with van der Waals surface area (Å²) in [6, 6.07) is 13.1. The van der Waals surface area contributed by atoms with Gasteiger partial charge < -0.3 is 9.84 Å². The molecule has 1 aliphatic rings. The van der Waals surface area contributed by atoms with Gasteiger partial charge in [-0.2, -0.15) is 0 Å². The molecule has 1 fully saturated rings. The standard InChI is InChI=1S/C22H26ClNO3/c1-3-27-20-12-11-17(23)14-18(20)21(16-9-7-15(2)8-10-16)24-13-5-4-6-19(24)22(25)26/h7-12,14,19,21H,3-6,13H2,1-2H3,(H,25,26). The van der Waals surface area contributed by atoms with Crippen molar-refractivity contribution in [1.82, 2.24) is 4.90 Å². The molecule has 0 aromatic heterocycles. The van der Waals surface area contributed by atoms with Gasteiger partial charge in [-0.1, -0.05) is 47.9 Å². The van der Waals surface area contributed by atoms with Gasteiger partial charge in [0.25, 0.3) is 0 Å². The molecule has 3 rings (SSSR count). The Morgan fingerprint density at radius 3 is 2.67 bits per heavy atom. The van der Waals surface area contributed by atoms with Crippen molar-refractivity contribution in [3.8, 4) is 5.75 Å². The van der Waals surface area contributed by atoms with Crippen molar-refractivity contribution >= 4 is 17.6 Å². The first-order valence-corrected chi connectivity index (χ1v) is 9.86. The van der Waals surface area contributed by atoms with E-state index in [1.807, 2.05) is 32.0 Å². The van der Waals surface area contributed by atoms with Crippen LogP contribution in [0.3, 0.4) is 0 Å². The first-order chi connectivity index (χ1) is 13.0. The van der Waals surface area contributed by atoms with E-state index < -0.39 is 12.0 Å². The second kappa shape index (κ2) is 8.77. The molecule has 0 radical (unpaired) electrons. The van der Waals surface area contributed by atoms with Gasteiger partial charge in [0.2, 0.25) is 0 Å². The number of rotatable bonds is 6. The predicted octanol–water partition coefficient (Wildman–Crippen LogP) is 5.08. The lowest BCUT2D eigenvalue weighted by atomic mass is 9.91. The van der Waals surface area contributed by atoms with Crippen molar-refractivity contribution < 1.29 is 14.6 Å². The van der Waals surface area contributed by atoms with E-state index in [2.05, 4.69) is 29.2 Å². The van der Waals surface area contributed by atoms with Crippen LogP contribution >= 0.6 is 11.6 Å². The lowest BCUT2D eigenvalue weighted by Gasteiger charge is -2.40. The SMILES string of the molecule is CCOc1ccc(Cl)cc1C(c1ccc(C)cc1)N1CCCCC1C(=O)O. The van der Waals surface area contributed by atoms with E-state index in [0.29, 0.717) is 18.1 Å². The highest BCUT2D eigenvalue weighted by atomic mass is 35.5. The summed E-state index contributed by atoms with van der Waals surface area (Å²) in [6.07, 6.45) is 2.57. The van der Waals surface area contributed by atoms with Crippen molar-refractivity contribution in [3.63, 3.8) is 0 Å². The molecule has 27 heavy (non-hydrogen) atoms. The van der Waals surface area contributed by atoms with Crippen molar-refractivity contribution in [2.45, 2.75) is 45.2 Å². The average Bonchev–Trinajstić information content (AvgIpc) is 2.66. The lowest BCUT2D eigenvalue weighted by molar-refractivity contribution is -0.145. The zero-order valence-corrected chi connectivity index (χ0v) is 16.6. The number of likely N-dealkylation sites (tertiary alicyclic amines) is 1. The Kier molecular flexibility index (Phi) is 6.40. The maximum Gasteiger partial charge on any atom is 0.320 e. The molecule has 1 heterocycles. The fourth-order valence-corrected chi connectivity index (χ4v) is 4.03. The molecule has 1 aliphatic heterocycles. The number of piperidine rings is 1. The maximum atomic E-state index is 12.0. The number of carboxylic acid groups (broad SMARTS) is 1. The van der Waals surface area contributed by atoms with Gasteiger partial charge in [0.05, 0.1) is 12.6 Å². The van der Waals surface area contributed by atoms with E-state index in [-0.39, 0.29) is 6.04 Å². The van der Waals surface area contributed by atoms with E-state index in [1.54, 1.807) is 0 Å². The highest BCUT2D eigenvalue weighted by molar-refractivity contribution is 6.30. The molecule has 144 valence electrons. The lowest BCUT2D eigenvalue weighted by Crippen LogP contribution is -2.46. The molecule has 2 aromatic carbocycles. The van der Waals surface area contributed by atoms with E-state index >= 15 is 0 Å². The predicted molar refractivity (Wildman–Crippen MR) is 108 cm³/mol. The smallest absolute Gasteiger partial charge is 0.320 e. The van der Waals surface area contributed by atoms with Crippen molar-refractivity contribution in [1.29, 1.82) is 0 Å². The van der Waals surface area contributed by atoms with Crippen LogP contribution in [-0.2, 0) is 4.79 Å². The summed E-state index contributed by atoms with van der Waals surface area (Å²) >= 11 is 6.32. The van der Waals surface area contributed by atoms with Crippen LogP contribution in [0.25, 0.3) is 0 Å². The van der Waals surface area contributed by atoms with Crippen LogP contribution in [0.1, 0.15) is 48.9 Å². The highest BCUT2D eigenvalue weighted by Crippen LogP contribution is 2.39. The molecular weight excluding hydrogens is 362 g/mol. The van der Waals surface area contributed by atoms with Crippen LogP contribution < -0.4 is 4.74 Å². The molecule has 1 saturated heterocycles. The number of benzene rings is 2. The zero-order chi connectivity index (χ0) is 19.4. The molecule has 0 bridgehead atoms. The van der Waals surface area contributed by atoms with Crippen molar-refractivity contribution in [2.24, 2.45) is 0 Å². The Morgan fingerprint density at radius 2 is 2.00 bits per heavy atom. The fourth-order valence-electron chi connectivity index (χ4n) is 3.85. The van der Waals surface area contributed by atoms with Crippen LogP contribution in [0, 0.1) is 6.92 Å². The van der Waals surface area contributed by atoms with Gasteiger partial charge in [0.15, 0.2) is 0 Å². The number of aryl methyl sites for hydroxylation is 1. The van der Waals surface area contributed by atoms with Crippen molar-refractivity contribution in [3.05, 3.63) is 64.2 Å². The summed E-state index contributed by atoms with van der Waals surface area (Å²) in [4.78, 5) is 14.1. The third-order valence-electron chi connectivity index (χ3n) is 5.12. The molecule has 0 aliphatic carbocycles. The van der Waals surface area contributed by atoms with Gasteiger partial charge in [0, 0.05) is 10.6 Å². The van der Waals surface area contributed by atoms with Gasteiger partial charge in [-0.25, -0.2) is 0 Å². The van der Waals surface area contributed by atoms with E-state index in [0.717, 1.165) is 36.3 Å². The summed E-state index contributed by atoms with van der Waals surface area (Å²) in [6.45, 7) is 5.26. The van der Waals surface area contributed by atoms with Crippen LogP contribution in [0.5, 0.6) is 5.75 Å². The van der Waals surface area contributed by atoms with Crippen molar-refractivity contribution in [2.75, 3.05) is 13.2 Å². The minimum Gasteiger partial charge on any atom is -0.494 e. The van der Waals surface area contributed by atoms with Crippen LogP contribution in [0.2, 0.25) is 5.02 Å². The number of hydrogen-bond donors (Lipinski definition) is 1. The van der Waals surface area contributed by atoms with Gasteiger partial charge in [0.1, 0.15) is 11.8 Å². The van der Waals surface area contributed by atoms with E-state index in [4.69, 9.17) is 16.3 Å². The highest BCUT2D eigenvalue weighted by Gasteiger charge is 2.36. The topological polar surface area (TPSA) is 49.8 Å². The quantitative estimate of drug-likeness (QED) is 0.751. The van der Waals surface area contributed by atoms with Crippen LogP contribution in [-0.4, -0.2) is 35.2 Å². The minimum atomic E-state index is -0.771. The summed E-state index contributed by atoms with van der Waals surface area (Å²) in [7, 11) is 0. The number of halogens is 1. The van der Waals surface area contributed by atoms with Gasteiger partial charge >= 0.3 is 5.97 Å². The number of hydrogen-bond acceptors (Lipinski definition) is 3. The van der Waals surface area contributed by atoms with Gasteiger partial charge in [-0.3, -0.25) is 9.69 Å². The largest absolute Gasteiger partial charge is 0.494 e. The third-order valence-corrected chi connectivity index (χ3v) is 5.36. The summed E-state index contributed by atoms with van der Waals surface area (Å²) in [5.74, 6) is -0.0195. The fraction of sp³-hybridized carbons (Fsp3) is 0.409. The molecular formula is C22H26ClNO3. The Hall–Kier alpha value is -2.04. The van der Waals surface area contributed by atoms with Gasteiger partial charge in [-0.05, 0) is 57.0 Å². The molecule has 2 aromatic rings. The Labute approximate surface area is 165 Å². The first kappa shape index (κ1) is 19.7. The molecule has 0 saturated carbocycles. The number of carboxylic acids is 1. The monoisotopic (exact) mass is 387 g/mol. The number of nitrogens with zero attached hydrogens (tertiary/aromatic N) is 1. The number of aliphatic carboxylic acids is 1. The number of ether oxygens (including phenoxy) is 1. The third kappa shape index (κ3) is 4.45. The van der Waals surface area contributed by atoms with Crippen LogP contribution in [0.15, 0.2) is 42.5 Å². The molecule has 1 N–H and O–H groups in total. The van der Waals surface area contributed by atoms with E-state index in [1.165, 1.54) is 5.56 Å². The zero-order valence-electron chi connectivity index (χ0n) is 15.8. The first-order valence-electron chi connectivity index (χ1n) is 9.48. The second-order valence-electron chi connectivity index (χ2n) is 7.02. The molecule has 0 spiro atoms. The Bertz CT molecular complexity index is 791. The Balaban J connectivity index is 2.14. The minimum absolute atomic E-state index is 0.216. The Morgan fingerprint density at radius 1 is 1.26 bits per heavy atom. The normalized spacial score (nSPS) is 18.9. The molecule has 4 nitrogen and oxygen atoms in total. The molecule has 0 amide bonds.